The van der Waals surface area contributed by atoms with Gasteiger partial charge in [-0.1, -0.05) is 24.3 Å². The lowest BCUT2D eigenvalue weighted by Gasteiger charge is -2.10. The molecule has 1 aromatic heterocycles. The molecule has 0 atom stereocenters. The molecule has 0 fully saturated rings. The molecule has 0 aliphatic rings. The number of anilines is 1. The normalized spacial score (nSPS) is 11.5. The highest BCUT2D eigenvalue weighted by molar-refractivity contribution is 6.15. The summed E-state index contributed by atoms with van der Waals surface area (Å²) in [4.78, 5) is 28.4. The van der Waals surface area contributed by atoms with Crippen molar-refractivity contribution >= 4 is 23.2 Å². The average molecular weight is 367 g/mol. The van der Waals surface area contributed by atoms with E-state index in [0.29, 0.717) is 5.69 Å². The number of carbonyl (C=O) groups excluding carboxylic acids is 2. The number of methoxy groups -OCH3 is 1. The minimum atomic E-state index is -0.598. The molecule has 0 saturated heterocycles. The largest absolute Gasteiger partial charge is 0.464 e. The Kier molecular flexibility index (Phi) is 7.59. The molecule has 7 heteroatoms. The third-order valence-electron chi connectivity index (χ3n) is 3.37. The lowest BCUT2D eigenvalue weighted by Crippen LogP contribution is -2.20. The molecule has 0 amide bonds. The first-order valence-corrected chi connectivity index (χ1v) is 8.31. The molecule has 0 unspecified atom stereocenters. The molecule has 27 heavy (non-hydrogen) atoms. The molecule has 2 aromatic rings. The second-order valence-corrected chi connectivity index (χ2v) is 5.20. The molecule has 140 valence electrons. The van der Waals surface area contributed by atoms with Crippen molar-refractivity contribution < 1.29 is 19.1 Å². The smallest absolute Gasteiger partial charge is 0.355 e. The molecule has 0 aliphatic heterocycles. The number of ether oxygens (including phenoxy) is 2. The van der Waals surface area contributed by atoms with Gasteiger partial charge in [0, 0.05) is 24.3 Å². The van der Waals surface area contributed by atoms with Crippen molar-refractivity contribution in [1.82, 2.24) is 10.3 Å². The topological polar surface area (TPSA) is 89.6 Å². The number of hydrogen-bond acceptors (Lipinski definition) is 7. The molecule has 2 N–H and O–H groups in total. The van der Waals surface area contributed by atoms with Gasteiger partial charge in [0.1, 0.15) is 11.3 Å². The fourth-order valence-corrected chi connectivity index (χ4v) is 2.08. The summed E-state index contributed by atoms with van der Waals surface area (Å²) in [5.74, 6) is -1.15. The Balaban J connectivity index is 2.27. The fourth-order valence-electron chi connectivity index (χ4n) is 2.08. The van der Waals surface area contributed by atoms with Crippen molar-refractivity contribution in [2.45, 2.75) is 6.92 Å². The Hall–Kier alpha value is -3.61. The lowest BCUT2D eigenvalue weighted by atomic mass is 10.2. The third kappa shape index (κ3) is 6.00. The van der Waals surface area contributed by atoms with E-state index in [9.17, 15) is 9.59 Å². The van der Waals surface area contributed by atoms with Crippen molar-refractivity contribution in [3.05, 3.63) is 78.5 Å². The number of nitrogens with one attached hydrogen (secondary N) is 2. The van der Waals surface area contributed by atoms with Crippen LogP contribution in [0.2, 0.25) is 0 Å². The van der Waals surface area contributed by atoms with Gasteiger partial charge in [-0.15, -0.1) is 0 Å². The zero-order valence-electron chi connectivity index (χ0n) is 15.1. The first-order chi connectivity index (χ1) is 13.2. The molecule has 0 saturated carbocycles. The van der Waals surface area contributed by atoms with Crippen molar-refractivity contribution in [2.24, 2.45) is 0 Å². The van der Waals surface area contributed by atoms with Crippen LogP contribution in [0.3, 0.4) is 0 Å². The number of rotatable bonds is 8. The number of benzene rings is 1. The van der Waals surface area contributed by atoms with Gasteiger partial charge in [0.05, 0.1) is 19.4 Å². The predicted molar refractivity (Wildman–Crippen MR) is 102 cm³/mol. The zero-order chi connectivity index (χ0) is 19.5. The SMILES string of the molecule is CCOC(=O)/C(=C\N/C(=C\Nc1ccccc1)C(=O)OC)c1ccccn1. The van der Waals surface area contributed by atoms with Crippen molar-refractivity contribution in [3.63, 3.8) is 0 Å². The minimum absolute atomic E-state index is 0.110. The summed E-state index contributed by atoms with van der Waals surface area (Å²) in [5.41, 5.74) is 1.51. The van der Waals surface area contributed by atoms with Gasteiger partial charge in [-0.2, -0.15) is 0 Å². The van der Waals surface area contributed by atoms with Crippen LogP contribution in [-0.2, 0) is 19.1 Å². The number of carbonyl (C=O) groups is 2. The third-order valence-corrected chi connectivity index (χ3v) is 3.37. The lowest BCUT2D eigenvalue weighted by molar-refractivity contribution is -0.137. The van der Waals surface area contributed by atoms with Gasteiger partial charge in [-0.05, 0) is 31.2 Å². The fraction of sp³-hybridized carbons (Fsp3) is 0.150. The van der Waals surface area contributed by atoms with Gasteiger partial charge in [-0.3, -0.25) is 4.98 Å². The van der Waals surface area contributed by atoms with E-state index in [2.05, 4.69) is 15.6 Å². The highest BCUT2D eigenvalue weighted by Gasteiger charge is 2.16. The van der Waals surface area contributed by atoms with E-state index in [1.54, 1.807) is 31.3 Å². The van der Waals surface area contributed by atoms with E-state index in [1.807, 2.05) is 30.3 Å². The monoisotopic (exact) mass is 367 g/mol. The van der Waals surface area contributed by atoms with Crippen molar-refractivity contribution in [3.8, 4) is 0 Å². The summed E-state index contributed by atoms with van der Waals surface area (Å²) in [7, 11) is 1.27. The maximum Gasteiger partial charge on any atom is 0.355 e. The highest BCUT2D eigenvalue weighted by atomic mass is 16.5. The van der Waals surface area contributed by atoms with Crippen LogP contribution in [0.4, 0.5) is 5.69 Å². The summed E-state index contributed by atoms with van der Waals surface area (Å²) in [6.45, 7) is 1.93. The van der Waals surface area contributed by atoms with E-state index < -0.39 is 11.9 Å². The average Bonchev–Trinajstić information content (AvgIpc) is 2.71. The van der Waals surface area contributed by atoms with Crippen molar-refractivity contribution in [1.29, 1.82) is 0 Å². The predicted octanol–water partition coefficient (Wildman–Crippen LogP) is 2.70. The van der Waals surface area contributed by atoms with Crippen LogP contribution in [0.25, 0.3) is 5.57 Å². The first kappa shape index (κ1) is 19.7. The van der Waals surface area contributed by atoms with Crippen LogP contribution >= 0.6 is 0 Å². The molecule has 0 spiro atoms. The molecule has 0 aliphatic carbocycles. The second-order valence-electron chi connectivity index (χ2n) is 5.20. The summed E-state index contributed by atoms with van der Waals surface area (Å²) in [6, 6.07) is 14.5. The van der Waals surface area contributed by atoms with Gasteiger partial charge in [0.15, 0.2) is 0 Å². The molecule has 1 aromatic carbocycles. The molecule has 0 bridgehead atoms. The van der Waals surface area contributed by atoms with Crippen LogP contribution in [0, 0.1) is 0 Å². The number of pyridine rings is 1. The Morgan fingerprint density at radius 1 is 1.04 bits per heavy atom. The number of esters is 2. The molecule has 7 nitrogen and oxygen atoms in total. The quantitative estimate of drug-likeness (QED) is 0.548. The highest BCUT2D eigenvalue weighted by Crippen LogP contribution is 2.13. The van der Waals surface area contributed by atoms with Gasteiger partial charge in [-0.25, -0.2) is 9.59 Å². The Labute approximate surface area is 157 Å². The van der Waals surface area contributed by atoms with Crippen molar-refractivity contribution in [2.75, 3.05) is 19.0 Å². The van der Waals surface area contributed by atoms with E-state index in [4.69, 9.17) is 9.47 Å². The number of hydrogen-bond donors (Lipinski definition) is 2. The van der Waals surface area contributed by atoms with Gasteiger partial charge in [0.25, 0.3) is 0 Å². The summed E-state index contributed by atoms with van der Waals surface area (Å²) in [6.07, 6.45) is 4.39. The molecule has 0 radical (unpaired) electrons. The van der Waals surface area contributed by atoms with E-state index in [-0.39, 0.29) is 17.9 Å². The number of nitrogens with zero attached hydrogens (tertiary/aromatic N) is 1. The van der Waals surface area contributed by atoms with Crippen LogP contribution in [0.5, 0.6) is 0 Å². The van der Waals surface area contributed by atoms with Gasteiger partial charge in [0.2, 0.25) is 0 Å². The molecular weight excluding hydrogens is 346 g/mol. The van der Waals surface area contributed by atoms with Crippen LogP contribution in [0.1, 0.15) is 12.6 Å². The maximum absolute atomic E-state index is 12.3. The molecule has 1 heterocycles. The Morgan fingerprint density at radius 3 is 2.41 bits per heavy atom. The van der Waals surface area contributed by atoms with Crippen LogP contribution < -0.4 is 10.6 Å². The Morgan fingerprint density at radius 2 is 1.78 bits per heavy atom. The van der Waals surface area contributed by atoms with E-state index in [1.165, 1.54) is 19.5 Å². The Bertz CT molecular complexity index is 818. The van der Waals surface area contributed by atoms with E-state index >= 15 is 0 Å². The maximum atomic E-state index is 12.3. The van der Waals surface area contributed by atoms with Crippen LogP contribution in [-0.4, -0.2) is 30.6 Å². The standard InChI is InChI=1S/C20H21N3O4/c1-3-27-19(24)16(17-11-7-8-12-21-17)13-23-18(20(25)26-2)14-22-15-9-5-4-6-10-15/h4-14,22-23H,3H2,1-2H3/b16-13-,18-14-. The molecular formula is C20H21N3O4. The minimum Gasteiger partial charge on any atom is -0.464 e. The summed E-state index contributed by atoms with van der Waals surface area (Å²) >= 11 is 0. The second kappa shape index (κ2) is 10.4. The molecule has 2 rings (SSSR count). The zero-order valence-corrected chi connectivity index (χ0v) is 15.1. The van der Waals surface area contributed by atoms with E-state index in [0.717, 1.165) is 5.69 Å². The van der Waals surface area contributed by atoms with Crippen LogP contribution in [0.15, 0.2) is 72.8 Å². The van der Waals surface area contributed by atoms with Gasteiger partial charge >= 0.3 is 11.9 Å². The number of para-hydroxylation sites is 1. The number of aromatic nitrogens is 1. The van der Waals surface area contributed by atoms with Gasteiger partial charge < -0.3 is 20.1 Å². The summed E-state index contributed by atoms with van der Waals surface area (Å²) in [5, 5.41) is 5.79. The summed E-state index contributed by atoms with van der Waals surface area (Å²) < 4.78 is 9.84. The first-order valence-electron chi connectivity index (χ1n) is 8.31.